The molecule has 0 aliphatic heterocycles. The predicted molar refractivity (Wildman–Crippen MR) is 58.9 cm³/mol. The van der Waals surface area contributed by atoms with Crippen LogP contribution in [-0.4, -0.2) is 0 Å². The van der Waals surface area contributed by atoms with Gasteiger partial charge in [-0.2, -0.15) is 0 Å². The Hall–Kier alpha value is -0.680. The molecule has 0 bridgehead atoms. The number of nitrogen functional groups attached to an aromatic ring is 1. The van der Waals surface area contributed by atoms with Gasteiger partial charge < -0.3 is 5.73 Å². The van der Waals surface area contributed by atoms with Gasteiger partial charge in [-0.1, -0.05) is 15.9 Å². The van der Waals surface area contributed by atoms with E-state index in [1.54, 1.807) is 12.1 Å². The summed E-state index contributed by atoms with van der Waals surface area (Å²) >= 11 is 4.48. The molecule has 2 aromatic rings. The van der Waals surface area contributed by atoms with Gasteiger partial charge in [-0.3, -0.25) is 0 Å². The third kappa shape index (κ3) is 1.50. The maximum Gasteiger partial charge on any atom is 0.265 e. The maximum absolute atomic E-state index is 12.5. The molecule has 1 aromatic heterocycles. The van der Waals surface area contributed by atoms with Crippen molar-refractivity contribution in [2.45, 2.75) is 6.43 Å². The van der Waals surface area contributed by atoms with E-state index in [-0.39, 0.29) is 5.56 Å². The topological polar surface area (TPSA) is 26.0 Å². The number of nitrogens with two attached hydrogens (primary N) is 1. The summed E-state index contributed by atoms with van der Waals surface area (Å²) in [4.78, 5) is 0. The molecule has 0 saturated heterocycles. The standard InChI is InChI=1S/C9H6BrF2NS/c10-4-1-5-6(9(11)12)3-14-8(5)7(13)2-4/h1-3,9H,13H2. The molecule has 0 aliphatic carbocycles. The molecule has 0 spiro atoms. The van der Waals surface area contributed by atoms with Crippen molar-refractivity contribution in [3.8, 4) is 0 Å². The van der Waals surface area contributed by atoms with Gasteiger partial charge in [-0.25, -0.2) is 8.78 Å². The maximum atomic E-state index is 12.5. The molecule has 0 saturated carbocycles. The molecule has 0 fully saturated rings. The highest BCUT2D eigenvalue weighted by Crippen LogP contribution is 2.37. The Kier molecular flexibility index (Phi) is 2.45. The Balaban J connectivity index is 2.78. The largest absolute Gasteiger partial charge is 0.398 e. The van der Waals surface area contributed by atoms with E-state index in [1.807, 2.05) is 0 Å². The van der Waals surface area contributed by atoms with Gasteiger partial charge in [0.25, 0.3) is 6.43 Å². The fraction of sp³-hybridized carbons (Fsp3) is 0.111. The van der Waals surface area contributed by atoms with Crippen molar-refractivity contribution in [3.05, 3.63) is 27.5 Å². The summed E-state index contributed by atoms with van der Waals surface area (Å²) in [6.07, 6.45) is -2.45. The van der Waals surface area contributed by atoms with E-state index >= 15 is 0 Å². The number of fused-ring (bicyclic) bond motifs is 1. The number of alkyl halides is 2. The van der Waals surface area contributed by atoms with E-state index in [4.69, 9.17) is 5.73 Å². The molecule has 5 heteroatoms. The lowest BCUT2D eigenvalue weighted by Crippen LogP contribution is -1.86. The Morgan fingerprint density at radius 2 is 2.07 bits per heavy atom. The number of halogens is 3. The van der Waals surface area contributed by atoms with Gasteiger partial charge in [-0.05, 0) is 12.1 Å². The van der Waals surface area contributed by atoms with Crippen LogP contribution in [0.25, 0.3) is 10.1 Å². The molecule has 0 amide bonds. The molecule has 0 radical (unpaired) electrons. The first-order chi connectivity index (χ1) is 6.59. The number of benzene rings is 1. The van der Waals surface area contributed by atoms with E-state index in [0.717, 1.165) is 9.17 Å². The number of thiophene rings is 1. The van der Waals surface area contributed by atoms with Crippen LogP contribution in [0.5, 0.6) is 0 Å². The molecule has 0 atom stereocenters. The summed E-state index contributed by atoms with van der Waals surface area (Å²) < 4.78 is 26.5. The zero-order valence-electron chi connectivity index (χ0n) is 6.93. The Morgan fingerprint density at radius 3 is 2.71 bits per heavy atom. The second-order valence-corrected chi connectivity index (χ2v) is 4.66. The van der Waals surface area contributed by atoms with Gasteiger partial charge >= 0.3 is 0 Å². The summed E-state index contributed by atoms with van der Waals surface area (Å²) in [6, 6.07) is 3.39. The van der Waals surface area contributed by atoms with Crippen molar-refractivity contribution in [2.24, 2.45) is 0 Å². The summed E-state index contributed by atoms with van der Waals surface area (Å²) in [5, 5.41) is 2.00. The molecule has 0 aliphatic rings. The van der Waals surface area contributed by atoms with E-state index in [1.165, 1.54) is 16.7 Å². The van der Waals surface area contributed by atoms with Crippen molar-refractivity contribution in [3.63, 3.8) is 0 Å². The highest BCUT2D eigenvalue weighted by molar-refractivity contribution is 9.10. The van der Waals surface area contributed by atoms with Crippen molar-refractivity contribution in [2.75, 3.05) is 5.73 Å². The minimum atomic E-state index is -2.45. The molecule has 74 valence electrons. The number of hydrogen-bond donors (Lipinski definition) is 1. The second-order valence-electron chi connectivity index (χ2n) is 2.86. The highest BCUT2D eigenvalue weighted by Gasteiger charge is 2.15. The molecule has 14 heavy (non-hydrogen) atoms. The average Bonchev–Trinajstić information content (AvgIpc) is 2.47. The van der Waals surface area contributed by atoms with E-state index < -0.39 is 6.43 Å². The zero-order valence-corrected chi connectivity index (χ0v) is 9.33. The first-order valence-electron chi connectivity index (χ1n) is 3.84. The minimum absolute atomic E-state index is 0.0537. The smallest absolute Gasteiger partial charge is 0.265 e. The summed E-state index contributed by atoms with van der Waals surface area (Å²) in [5.41, 5.74) is 6.29. The summed E-state index contributed by atoms with van der Waals surface area (Å²) in [6.45, 7) is 0. The van der Waals surface area contributed by atoms with Crippen LogP contribution in [0.3, 0.4) is 0 Å². The third-order valence-corrected chi connectivity index (χ3v) is 3.45. The average molecular weight is 278 g/mol. The molecule has 2 N–H and O–H groups in total. The van der Waals surface area contributed by atoms with Crippen LogP contribution >= 0.6 is 27.3 Å². The number of anilines is 1. The summed E-state index contributed by atoms with van der Waals surface area (Å²) in [5.74, 6) is 0. The fourth-order valence-corrected chi connectivity index (χ4v) is 2.76. The molecular formula is C9H6BrF2NS. The minimum Gasteiger partial charge on any atom is -0.398 e. The molecule has 1 aromatic carbocycles. The first kappa shape index (κ1) is 9.86. The predicted octanol–water partition coefficient (Wildman–Crippen LogP) is 4.18. The Bertz CT molecular complexity index is 481. The van der Waals surface area contributed by atoms with Crippen LogP contribution in [0.15, 0.2) is 22.0 Å². The van der Waals surface area contributed by atoms with Crippen LogP contribution in [0.4, 0.5) is 14.5 Å². The van der Waals surface area contributed by atoms with Gasteiger partial charge in [0.15, 0.2) is 0 Å². The molecule has 1 nitrogen and oxygen atoms in total. The van der Waals surface area contributed by atoms with Gasteiger partial charge in [0.1, 0.15) is 0 Å². The number of rotatable bonds is 1. The monoisotopic (exact) mass is 277 g/mol. The lowest BCUT2D eigenvalue weighted by Gasteiger charge is -2.00. The van der Waals surface area contributed by atoms with Gasteiger partial charge in [0, 0.05) is 20.8 Å². The van der Waals surface area contributed by atoms with Crippen LogP contribution in [0.2, 0.25) is 0 Å². The van der Waals surface area contributed by atoms with Gasteiger partial charge in [-0.15, -0.1) is 11.3 Å². The van der Waals surface area contributed by atoms with Crippen LogP contribution in [0, 0.1) is 0 Å². The van der Waals surface area contributed by atoms with E-state index in [9.17, 15) is 8.78 Å². The van der Waals surface area contributed by atoms with Crippen molar-refractivity contribution in [1.29, 1.82) is 0 Å². The normalized spacial score (nSPS) is 11.4. The van der Waals surface area contributed by atoms with E-state index in [2.05, 4.69) is 15.9 Å². The van der Waals surface area contributed by atoms with Crippen molar-refractivity contribution < 1.29 is 8.78 Å². The van der Waals surface area contributed by atoms with Crippen LogP contribution < -0.4 is 5.73 Å². The van der Waals surface area contributed by atoms with Gasteiger partial charge in [0.05, 0.1) is 10.4 Å². The third-order valence-electron chi connectivity index (χ3n) is 1.93. The lowest BCUT2D eigenvalue weighted by atomic mass is 10.1. The van der Waals surface area contributed by atoms with Crippen molar-refractivity contribution >= 4 is 43.0 Å². The second kappa shape index (κ2) is 3.47. The Morgan fingerprint density at radius 1 is 1.36 bits per heavy atom. The molecule has 1 heterocycles. The summed E-state index contributed by atoms with van der Waals surface area (Å²) in [7, 11) is 0. The molecular weight excluding hydrogens is 272 g/mol. The van der Waals surface area contributed by atoms with E-state index in [0.29, 0.717) is 11.1 Å². The van der Waals surface area contributed by atoms with Crippen LogP contribution in [0.1, 0.15) is 12.0 Å². The van der Waals surface area contributed by atoms with Gasteiger partial charge in [0.2, 0.25) is 0 Å². The number of hydrogen-bond acceptors (Lipinski definition) is 2. The molecule has 2 rings (SSSR count). The molecule has 0 unspecified atom stereocenters. The first-order valence-corrected chi connectivity index (χ1v) is 5.51. The zero-order chi connectivity index (χ0) is 10.3. The SMILES string of the molecule is Nc1cc(Br)cc2c(C(F)F)csc12. The highest BCUT2D eigenvalue weighted by atomic mass is 79.9. The Labute approximate surface area is 91.7 Å². The fourth-order valence-electron chi connectivity index (χ4n) is 1.32. The lowest BCUT2D eigenvalue weighted by molar-refractivity contribution is 0.153. The van der Waals surface area contributed by atoms with Crippen LogP contribution in [-0.2, 0) is 0 Å². The van der Waals surface area contributed by atoms with Crippen molar-refractivity contribution in [1.82, 2.24) is 0 Å². The quantitative estimate of drug-likeness (QED) is 0.778.